The molecule has 1 N–H and O–H groups in total. The van der Waals surface area contributed by atoms with Crippen LogP contribution in [0.5, 0.6) is 11.5 Å². The Hall–Kier alpha value is -4.17. The van der Waals surface area contributed by atoms with E-state index < -0.39 is 5.91 Å². The lowest BCUT2D eigenvalue weighted by Crippen LogP contribution is -2.19. The molecular formula is C24H20ClN5O3. The van der Waals surface area contributed by atoms with Crippen LogP contribution in [0.4, 0.5) is 0 Å². The van der Waals surface area contributed by atoms with Crippen LogP contribution in [-0.4, -0.2) is 41.1 Å². The fourth-order valence-electron chi connectivity index (χ4n) is 3.16. The highest BCUT2D eigenvalue weighted by Crippen LogP contribution is 2.35. The van der Waals surface area contributed by atoms with Crippen LogP contribution in [0.25, 0.3) is 17.1 Å². The Morgan fingerprint density at radius 1 is 1.03 bits per heavy atom. The number of methoxy groups -OCH3 is 2. The van der Waals surface area contributed by atoms with Gasteiger partial charge in [0.2, 0.25) is 5.82 Å². The van der Waals surface area contributed by atoms with E-state index in [1.807, 2.05) is 60.7 Å². The molecule has 4 rings (SSSR count). The van der Waals surface area contributed by atoms with Gasteiger partial charge in [0.25, 0.3) is 0 Å². The summed E-state index contributed by atoms with van der Waals surface area (Å²) in [5.74, 6) is 0.852. The van der Waals surface area contributed by atoms with Crippen LogP contribution in [0.15, 0.2) is 77.9 Å². The van der Waals surface area contributed by atoms with Crippen LogP contribution in [0.3, 0.4) is 0 Å². The van der Waals surface area contributed by atoms with E-state index in [0.29, 0.717) is 27.9 Å². The van der Waals surface area contributed by atoms with Crippen LogP contribution < -0.4 is 14.9 Å². The number of amides is 1. The molecule has 0 unspecified atom stereocenters. The SMILES string of the molecule is COc1cc(/C=N/NC(=O)c2nc(-c3ccccc3)n(-c3ccccc3)n2)cc(Cl)c1OC. The molecule has 1 heterocycles. The minimum absolute atomic E-state index is 0.0137. The lowest BCUT2D eigenvalue weighted by molar-refractivity contribution is 0.0945. The van der Waals surface area contributed by atoms with E-state index in [1.165, 1.54) is 20.4 Å². The highest BCUT2D eigenvalue weighted by molar-refractivity contribution is 6.32. The lowest BCUT2D eigenvalue weighted by atomic mass is 10.2. The average Bonchev–Trinajstić information content (AvgIpc) is 3.30. The smallest absolute Gasteiger partial charge is 0.311 e. The number of aromatic nitrogens is 3. The third kappa shape index (κ3) is 4.86. The summed E-state index contributed by atoms with van der Waals surface area (Å²) >= 11 is 6.21. The zero-order chi connectivity index (χ0) is 23.2. The van der Waals surface area contributed by atoms with Gasteiger partial charge in [-0.1, -0.05) is 60.1 Å². The zero-order valence-corrected chi connectivity index (χ0v) is 18.7. The molecule has 0 aliphatic heterocycles. The van der Waals surface area contributed by atoms with Gasteiger partial charge in [0.05, 0.1) is 31.1 Å². The molecule has 1 aromatic heterocycles. The molecule has 1 amide bonds. The zero-order valence-electron chi connectivity index (χ0n) is 17.9. The van der Waals surface area contributed by atoms with Gasteiger partial charge in [-0.15, -0.1) is 5.10 Å². The monoisotopic (exact) mass is 461 g/mol. The molecule has 9 heteroatoms. The normalized spacial score (nSPS) is 10.9. The van der Waals surface area contributed by atoms with E-state index in [4.69, 9.17) is 21.1 Å². The van der Waals surface area contributed by atoms with E-state index in [-0.39, 0.29) is 5.82 Å². The van der Waals surface area contributed by atoms with Crippen molar-refractivity contribution in [2.75, 3.05) is 14.2 Å². The van der Waals surface area contributed by atoms with Crippen LogP contribution in [0.2, 0.25) is 5.02 Å². The summed E-state index contributed by atoms with van der Waals surface area (Å²) in [5.41, 5.74) is 4.68. The molecule has 0 fully saturated rings. The van der Waals surface area contributed by atoms with Crippen molar-refractivity contribution in [1.82, 2.24) is 20.2 Å². The second kappa shape index (κ2) is 9.97. The van der Waals surface area contributed by atoms with Crippen LogP contribution in [0.1, 0.15) is 16.2 Å². The third-order valence-corrected chi connectivity index (χ3v) is 4.96. The lowest BCUT2D eigenvalue weighted by Gasteiger charge is -2.09. The highest BCUT2D eigenvalue weighted by Gasteiger charge is 2.18. The third-order valence-electron chi connectivity index (χ3n) is 4.68. The molecule has 0 atom stereocenters. The predicted octanol–water partition coefficient (Wildman–Crippen LogP) is 4.37. The van der Waals surface area contributed by atoms with Crippen LogP contribution >= 0.6 is 11.6 Å². The Morgan fingerprint density at radius 3 is 2.39 bits per heavy atom. The fourth-order valence-corrected chi connectivity index (χ4v) is 3.46. The molecule has 0 radical (unpaired) electrons. The quantitative estimate of drug-likeness (QED) is 0.326. The Bertz CT molecular complexity index is 1230. The largest absolute Gasteiger partial charge is 0.493 e. The molecule has 33 heavy (non-hydrogen) atoms. The standard InChI is InChI=1S/C24H20ClN5O3/c1-32-20-14-16(13-19(25)21(20)33-2)15-26-28-24(31)22-27-23(17-9-5-3-6-10-17)30(29-22)18-11-7-4-8-12-18/h3-15H,1-2H3,(H,28,31)/b26-15+. The van der Waals surface area contributed by atoms with E-state index in [9.17, 15) is 4.79 Å². The maximum absolute atomic E-state index is 12.7. The number of hydrogen-bond donors (Lipinski definition) is 1. The minimum atomic E-state index is -0.551. The summed E-state index contributed by atoms with van der Waals surface area (Å²) in [6.07, 6.45) is 1.44. The molecule has 0 saturated heterocycles. The number of rotatable bonds is 7. The number of nitrogens with zero attached hydrogens (tertiary/aromatic N) is 4. The van der Waals surface area contributed by atoms with Gasteiger partial charge < -0.3 is 9.47 Å². The van der Waals surface area contributed by atoms with E-state index in [1.54, 1.807) is 16.8 Å². The first-order chi connectivity index (χ1) is 16.1. The molecule has 0 aliphatic rings. The van der Waals surface area contributed by atoms with Crippen molar-refractivity contribution in [2.24, 2.45) is 5.10 Å². The first kappa shape index (κ1) is 22.0. The van der Waals surface area contributed by atoms with Gasteiger partial charge in [-0.3, -0.25) is 4.79 Å². The van der Waals surface area contributed by atoms with Crippen molar-refractivity contribution >= 4 is 23.7 Å². The minimum Gasteiger partial charge on any atom is -0.493 e. The van der Waals surface area contributed by atoms with Crippen molar-refractivity contribution in [2.45, 2.75) is 0 Å². The van der Waals surface area contributed by atoms with Crippen LogP contribution in [0, 0.1) is 0 Å². The number of nitrogens with one attached hydrogen (secondary N) is 1. The summed E-state index contributed by atoms with van der Waals surface area (Å²) in [5, 5.41) is 8.78. The summed E-state index contributed by atoms with van der Waals surface area (Å²) in [6, 6.07) is 22.3. The summed E-state index contributed by atoms with van der Waals surface area (Å²) < 4.78 is 12.1. The van der Waals surface area contributed by atoms with E-state index in [2.05, 4.69) is 20.6 Å². The highest BCUT2D eigenvalue weighted by atomic mass is 35.5. The number of carbonyl (C=O) groups is 1. The number of hydrogen-bond acceptors (Lipinski definition) is 6. The second-order valence-corrected chi connectivity index (χ2v) is 7.22. The topological polar surface area (TPSA) is 90.6 Å². The molecule has 3 aromatic carbocycles. The molecule has 0 aliphatic carbocycles. The summed E-state index contributed by atoms with van der Waals surface area (Å²) in [4.78, 5) is 17.2. The molecule has 0 saturated carbocycles. The number of hydrazone groups is 1. The van der Waals surface area contributed by atoms with Crippen molar-refractivity contribution < 1.29 is 14.3 Å². The number of carbonyl (C=O) groups excluding carboxylic acids is 1. The number of para-hydroxylation sites is 1. The van der Waals surface area contributed by atoms with Gasteiger partial charge >= 0.3 is 5.91 Å². The molecule has 166 valence electrons. The van der Waals surface area contributed by atoms with Crippen molar-refractivity contribution in [3.05, 3.63) is 89.2 Å². The summed E-state index contributed by atoms with van der Waals surface area (Å²) in [6.45, 7) is 0. The van der Waals surface area contributed by atoms with Gasteiger partial charge in [0, 0.05) is 5.56 Å². The average molecular weight is 462 g/mol. The van der Waals surface area contributed by atoms with Crippen molar-refractivity contribution in [3.63, 3.8) is 0 Å². The van der Waals surface area contributed by atoms with Crippen molar-refractivity contribution in [1.29, 1.82) is 0 Å². The molecule has 0 spiro atoms. The number of benzene rings is 3. The Morgan fingerprint density at radius 2 is 1.73 bits per heavy atom. The van der Waals surface area contributed by atoms with Gasteiger partial charge in [-0.2, -0.15) is 5.10 Å². The molecule has 4 aromatic rings. The van der Waals surface area contributed by atoms with Gasteiger partial charge in [0.15, 0.2) is 17.3 Å². The molecule has 8 nitrogen and oxygen atoms in total. The van der Waals surface area contributed by atoms with Gasteiger partial charge in [-0.25, -0.2) is 15.1 Å². The Kier molecular flexibility index (Phi) is 6.66. The number of halogens is 1. The maximum atomic E-state index is 12.7. The number of ether oxygens (including phenoxy) is 2. The second-order valence-electron chi connectivity index (χ2n) is 6.81. The van der Waals surface area contributed by atoms with E-state index in [0.717, 1.165) is 11.3 Å². The van der Waals surface area contributed by atoms with Crippen molar-refractivity contribution in [3.8, 4) is 28.6 Å². The Labute approximate surface area is 195 Å². The van der Waals surface area contributed by atoms with Crippen LogP contribution in [-0.2, 0) is 0 Å². The summed E-state index contributed by atoms with van der Waals surface area (Å²) in [7, 11) is 3.01. The maximum Gasteiger partial charge on any atom is 0.311 e. The molecule has 0 bridgehead atoms. The fraction of sp³-hybridized carbons (Fsp3) is 0.0833. The Balaban J connectivity index is 1.59. The predicted molar refractivity (Wildman–Crippen MR) is 126 cm³/mol. The molecular weight excluding hydrogens is 442 g/mol. The first-order valence-corrected chi connectivity index (χ1v) is 10.3. The van der Waals surface area contributed by atoms with E-state index >= 15 is 0 Å². The first-order valence-electron chi connectivity index (χ1n) is 9.93. The van der Waals surface area contributed by atoms with Gasteiger partial charge in [0.1, 0.15) is 0 Å². The van der Waals surface area contributed by atoms with Gasteiger partial charge in [-0.05, 0) is 29.8 Å².